The first-order valence-corrected chi connectivity index (χ1v) is 7.28. The number of H-pyrrole nitrogens is 1. The second-order valence-corrected chi connectivity index (χ2v) is 5.47. The van der Waals surface area contributed by atoms with Crippen LogP contribution < -0.4 is 10.9 Å². The molecule has 0 saturated carbocycles. The van der Waals surface area contributed by atoms with Crippen molar-refractivity contribution in [3.8, 4) is 0 Å². The van der Waals surface area contributed by atoms with E-state index < -0.39 is 12.0 Å². The van der Waals surface area contributed by atoms with Gasteiger partial charge in [-0.15, -0.1) is 0 Å². The highest BCUT2D eigenvalue weighted by Crippen LogP contribution is 2.28. The maximum atomic E-state index is 12.2. The number of aromatic nitrogens is 1. The van der Waals surface area contributed by atoms with Gasteiger partial charge in [-0.1, -0.05) is 41.9 Å². The van der Waals surface area contributed by atoms with E-state index in [1.807, 2.05) is 0 Å². The fraction of sp³-hybridized carbons (Fsp3) is 0.0588. The van der Waals surface area contributed by atoms with Gasteiger partial charge in [-0.2, -0.15) is 0 Å². The zero-order valence-electron chi connectivity index (χ0n) is 11.9. The third-order valence-electron chi connectivity index (χ3n) is 3.45. The molecule has 23 heavy (non-hydrogen) atoms. The van der Waals surface area contributed by atoms with Crippen molar-refractivity contribution in [2.24, 2.45) is 0 Å². The number of amides is 1. The molecule has 0 radical (unpaired) electrons. The largest absolute Gasteiger partial charge is 0.378 e. The Hall–Kier alpha value is -2.63. The molecule has 6 heteroatoms. The molecule has 0 spiro atoms. The fourth-order valence-electron chi connectivity index (χ4n) is 2.27. The number of aliphatic hydroxyl groups excluding tert-OH is 1. The van der Waals surface area contributed by atoms with E-state index in [9.17, 15) is 14.7 Å². The molecule has 0 aliphatic rings. The number of benzene rings is 2. The number of hydrogen-bond donors (Lipinski definition) is 3. The molecule has 0 bridgehead atoms. The zero-order chi connectivity index (χ0) is 16.4. The van der Waals surface area contributed by atoms with Gasteiger partial charge in [-0.05, 0) is 28.5 Å². The predicted octanol–water partition coefficient (Wildman–Crippen LogP) is 2.85. The molecule has 1 atom stereocenters. The highest BCUT2D eigenvalue weighted by molar-refractivity contribution is 6.34. The Kier molecular flexibility index (Phi) is 4.14. The van der Waals surface area contributed by atoms with Crippen LogP contribution in [0.5, 0.6) is 0 Å². The normalized spacial score (nSPS) is 12.1. The second-order valence-electron chi connectivity index (χ2n) is 5.06. The van der Waals surface area contributed by atoms with Crippen molar-refractivity contribution in [3.63, 3.8) is 0 Å². The predicted molar refractivity (Wildman–Crippen MR) is 89.6 cm³/mol. The molecule has 0 aliphatic carbocycles. The van der Waals surface area contributed by atoms with E-state index in [-0.39, 0.29) is 5.56 Å². The standard InChI is InChI=1S/C17H13ClN2O3/c18-13-6-12-9-19-15(21)8-11(12)7-14(13)20-17(23)16(22)10-4-2-1-3-5-10/h1-9,16,22H,(H,19,21)(H,20,23)/t16-/m1/s1. The molecule has 0 aliphatic heterocycles. The summed E-state index contributed by atoms with van der Waals surface area (Å²) >= 11 is 6.15. The van der Waals surface area contributed by atoms with Crippen molar-refractivity contribution in [2.75, 3.05) is 5.32 Å². The van der Waals surface area contributed by atoms with Crippen LogP contribution in [-0.4, -0.2) is 16.0 Å². The molecule has 1 heterocycles. The van der Waals surface area contributed by atoms with Crippen LogP contribution >= 0.6 is 11.6 Å². The van der Waals surface area contributed by atoms with E-state index in [0.717, 1.165) is 5.39 Å². The number of carbonyl (C=O) groups excluding carboxylic acids is 1. The molecule has 1 amide bonds. The Bertz CT molecular complexity index is 922. The molecule has 0 saturated heterocycles. The van der Waals surface area contributed by atoms with E-state index in [0.29, 0.717) is 21.7 Å². The zero-order valence-corrected chi connectivity index (χ0v) is 12.7. The van der Waals surface area contributed by atoms with Gasteiger partial charge in [0.05, 0.1) is 10.7 Å². The van der Waals surface area contributed by atoms with Gasteiger partial charge < -0.3 is 15.4 Å². The Morgan fingerprint density at radius 3 is 2.61 bits per heavy atom. The molecule has 0 unspecified atom stereocenters. The number of fused-ring (bicyclic) bond motifs is 1. The van der Waals surface area contributed by atoms with Crippen LogP contribution in [0, 0.1) is 0 Å². The van der Waals surface area contributed by atoms with Crippen LogP contribution in [0.1, 0.15) is 11.7 Å². The van der Waals surface area contributed by atoms with Gasteiger partial charge in [0, 0.05) is 12.3 Å². The molecule has 1 aromatic heterocycles. The van der Waals surface area contributed by atoms with Crippen LogP contribution in [-0.2, 0) is 4.79 Å². The number of pyridine rings is 1. The number of hydrogen-bond acceptors (Lipinski definition) is 3. The van der Waals surface area contributed by atoms with Crippen molar-refractivity contribution in [1.29, 1.82) is 0 Å². The minimum absolute atomic E-state index is 0.249. The number of rotatable bonds is 3. The summed E-state index contributed by atoms with van der Waals surface area (Å²) in [5, 5.41) is 14.4. The SMILES string of the molecule is O=C(Nc1cc2cc(=O)[nH]cc2cc1Cl)[C@H](O)c1ccccc1. The van der Waals surface area contributed by atoms with Crippen LogP contribution in [0.25, 0.3) is 10.8 Å². The summed E-state index contributed by atoms with van der Waals surface area (Å²) in [6, 6.07) is 13.2. The lowest BCUT2D eigenvalue weighted by molar-refractivity contribution is -0.124. The molecule has 3 rings (SSSR count). The van der Waals surface area contributed by atoms with Crippen LogP contribution in [0.3, 0.4) is 0 Å². The molecular formula is C17H13ClN2O3. The number of nitrogens with one attached hydrogen (secondary N) is 2. The van der Waals surface area contributed by atoms with Gasteiger partial charge in [0.25, 0.3) is 5.91 Å². The quantitative estimate of drug-likeness (QED) is 0.691. The lowest BCUT2D eigenvalue weighted by Gasteiger charge is -2.13. The number of halogens is 1. The van der Waals surface area contributed by atoms with Crippen molar-refractivity contribution in [1.82, 2.24) is 4.98 Å². The van der Waals surface area contributed by atoms with Crippen molar-refractivity contribution < 1.29 is 9.90 Å². The molecule has 2 aromatic carbocycles. The van der Waals surface area contributed by atoms with E-state index in [1.54, 1.807) is 48.7 Å². The van der Waals surface area contributed by atoms with E-state index >= 15 is 0 Å². The third kappa shape index (κ3) is 3.26. The summed E-state index contributed by atoms with van der Waals surface area (Å²) in [4.78, 5) is 26.1. The monoisotopic (exact) mass is 328 g/mol. The van der Waals surface area contributed by atoms with Gasteiger partial charge in [0.2, 0.25) is 5.56 Å². The van der Waals surface area contributed by atoms with Gasteiger partial charge >= 0.3 is 0 Å². The van der Waals surface area contributed by atoms with Crippen molar-refractivity contribution in [3.05, 3.63) is 75.7 Å². The average molecular weight is 329 g/mol. The van der Waals surface area contributed by atoms with Crippen LogP contribution in [0.15, 0.2) is 59.5 Å². The minimum Gasteiger partial charge on any atom is -0.378 e. The summed E-state index contributed by atoms with van der Waals surface area (Å²) in [7, 11) is 0. The Labute approximate surface area is 136 Å². The number of anilines is 1. The molecule has 3 N–H and O–H groups in total. The summed E-state index contributed by atoms with van der Waals surface area (Å²) in [5.74, 6) is -0.595. The Balaban J connectivity index is 1.90. The number of aromatic amines is 1. The van der Waals surface area contributed by atoms with Crippen molar-refractivity contribution in [2.45, 2.75) is 6.10 Å². The summed E-state index contributed by atoms with van der Waals surface area (Å²) in [6.45, 7) is 0. The van der Waals surface area contributed by atoms with Gasteiger partial charge in [-0.3, -0.25) is 9.59 Å². The maximum Gasteiger partial charge on any atom is 0.257 e. The summed E-state index contributed by atoms with van der Waals surface area (Å²) in [6.07, 6.45) is 0.246. The highest BCUT2D eigenvalue weighted by Gasteiger charge is 2.18. The second kappa shape index (κ2) is 6.24. The molecule has 3 aromatic rings. The van der Waals surface area contributed by atoms with Gasteiger partial charge in [0.1, 0.15) is 0 Å². The topological polar surface area (TPSA) is 82.2 Å². The van der Waals surface area contributed by atoms with Crippen LogP contribution in [0.4, 0.5) is 5.69 Å². The van der Waals surface area contributed by atoms with Gasteiger partial charge in [-0.25, -0.2) is 0 Å². The lowest BCUT2D eigenvalue weighted by atomic mass is 10.1. The van der Waals surface area contributed by atoms with Crippen LogP contribution in [0.2, 0.25) is 5.02 Å². The number of carbonyl (C=O) groups is 1. The highest BCUT2D eigenvalue weighted by atomic mass is 35.5. The average Bonchev–Trinajstić information content (AvgIpc) is 2.56. The molecular weight excluding hydrogens is 316 g/mol. The number of aliphatic hydroxyl groups is 1. The smallest absolute Gasteiger partial charge is 0.257 e. The lowest BCUT2D eigenvalue weighted by Crippen LogP contribution is -2.21. The van der Waals surface area contributed by atoms with Gasteiger partial charge in [0.15, 0.2) is 6.10 Å². The maximum absolute atomic E-state index is 12.2. The fourth-order valence-corrected chi connectivity index (χ4v) is 2.49. The molecule has 5 nitrogen and oxygen atoms in total. The molecule has 116 valence electrons. The first kappa shape index (κ1) is 15.3. The van der Waals surface area contributed by atoms with E-state index in [2.05, 4.69) is 10.3 Å². The van der Waals surface area contributed by atoms with E-state index in [1.165, 1.54) is 6.07 Å². The first-order valence-electron chi connectivity index (χ1n) is 6.90. The third-order valence-corrected chi connectivity index (χ3v) is 3.76. The first-order chi connectivity index (χ1) is 11.0. The summed E-state index contributed by atoms with van der Waals surface area (Å²) in [5.41, 5.74) is 0.574. The summed E-state index contributed by atoms with van der Waals surface area (Å²) < 4.78 is 0. The van der Waals surface area contributed by atoms with E-state index in [4.69, 9.17) is 11.6 Å². The minimum atomic E-state index is -1.30. The molecule has 0 fully saturated rings. The van der Waals surface area contributed by atoms with Crippen molar-refractivity contribution >= 4 is 34.0 Å². The Morgan fingerprint density at radius 1 is 1.13 bits per heavy atom. The Morgan fingerprint density at radius 2 is 1.87 bits per heavy atom.